The Labute approximate surface area is 119 Å². The van der Waals surface area contributed by atoms with Gasteiger partial charge in [-0.1, -0.05) is 6.07 Å². The Morgan fingerprint density at radius 2 is 1.52 bits per heavy atom. The summed E-state index contributed by atoms with van der Waals surface area (Å²) < 4.78 is 67.7. The van der Waals surface area contributed by atoms with E-state index in [1.807, 2.05) is 0 Å². The number of aliphatic carboxylic acids is 1. The molecule has 21 heavy (non-hydrogen) atoms. The number of carboxylic acids is 1. The highest BCUT2D eigenvalue weighted by Crippen LogP contribution is 2.30. The van der Waals surface area contributed by atoms with Crippen molar-refractivity contribution in [3.63, 3.8) is 0 Å². The molecule has 0 unspecified atom stereocenters. The van der Waals surface area contributed by atoms with Gasteiger partial charge in [-0.05, 0) is 23.8 Å². The Bertz CT molecular complexity index is 775. The topological polar surface area (TPSA) is 164 Å². The van der Waals surface area contributed by atoms with Gasteiger partial charge in [0.1, 0.15) is 0 Å². The van der Waals surface area contributed by atoms with Crippen LogP contribution >= 0.6 is 0 Å². The largest absolute Gasteiger partial charge is 0.478 e. The van der Waals surface area contributed by atoms with E-state index >= 15 is 0 Å². The molecule has 1 aromatic rings. The molecule has 0 heterocycles. The lowest BCUT2D eigenvalue weighted by molar-refractivity contribution is -0.131. The van der Waals surface area contributed by atoms with Crippen LogP contribution in [0.15, 0.2) is 24.3 Å². The van der Waals surface area contributed by atoms with Gasteiger partial charge < -0.3 is 13.5 Å². The Hall–Kier alpha value is -2.15. The zero-order valence-corrected chi connectivity index (χ0v) is 11.5. The predicted molar refractivity (Wildman–Crippen MR) is 67.5 cm³/mol. The summed E-state index contributed by atoms with van der Waals surface area (Å²) in [5.74, 6) is -2.80. The third kappa shape index (κ3) is 6.71. The van der Waals surface area contributed by atoms with Gasteiger partial charge >= 0.3 is 26.8 Å². The van der Waals surface area contributed by atoms with Crippen LogP contribution in [0.5, 0.6) is 11.5 Å². The maximum absolute atomic E-state index is 10.6. The standard InChI is InChI=1S/C9H8O10S2/c10-9(11)4-2-6-1-3-7(18-20(12,13)14)8(5-6)19-21(15,16)17/h1-5H,(H,10,11)(H,12,13,14)(H,15,16,17). The Kier molecular flexibility index (Phi) is 4.90. The van der Waals surface area contributed by atoms with E-state index in [9.17, 15) is 21.6 Å². The number of benzene rings is 1. The summed E-state index contributed by atoms with van der Waals surface area (Å²) in [7, 11) is -9.96. The SMILES string of the molecule is O=C(O)C=Cc1ccc(OS(=O)(=O)O)c(OS(=O)(=O)O)c1. The van der Waals surface area contributed by atoms with Crippen molar-refractivity contribution in [2.24, 2.45) is 0 Å². The molecule has 1 rings (SSSR count). The van der Waals surface area contributed by atoms with Crippen molar-refractivity contribution in [2.45, 2.75) is 0 Å². The summed E-state index contributed by atoms with van der Waals surface area (Å²) in [5, 5.41) is 8.45. The molecular formula is C9H8O10S2. The number of carbonyl (C=O) groups is 1. The average Bonchev–Trinajstić information content (AvgIpc) is 2.25. The smallest absolute Gasteiger partial charge is 0.446 e. The molecule has 116 valence electrons. The van der Waals surface area contributed by atoms with Crippen molar-refractivity contribution in [3.05, 3.63) is 29.8 Å². The molecule has 0 radical (unpaired) electrons. The zero-order valence-electron chi connectivity index (χ0n) is 9.90. The molecule has 0 bridgehead atoms. The fourth-order valence-electron chi connectivity index (χ4n) is 1.16. The lowest BCUT2D eigenvalue weighted by Crippen LogP contribution is -2.11. The summed E-state index contributed by atoms with van der Waals surface area (Å²) in [4.78, 5) is 10.3. The van der Waals surface area contributed by atoms with Crippen LogP contribution in [-0.4, -0.2) is 37.0 Å². The summed E-state index contributed by atoms with van der Waals surface area (Å²) in [6.45, 7) is 0. The van der Waals surface area contributed by atoms with Crippen LogP contribution in [-0.2, 0) is 25.6 Å². The van der Waals surface area contributed by atoms with Crippen LogP contribution in [0.25, 0.3) is 6.08 Å². The molecule has 0 saturated heterocycles. The van der Waals surface area contributed by atoms with Crippen LogP contribution in [0.4, 0.5) is 0 Å². The molecule has 0 amide bonds. The van der Waals surface area contributed by atoms with Crippen molar-refractivity contribution in [1.29, 1.82) is 0 Å². The summed E-state index contributed by atoms with van der Waals surface area (Å²) in [6.07, 6.45) is 1.76. The van der Waals surface area contributed by atoms with Crippen LogP contribution in [0.1, 0.15) is 5.56 Å². The van der Waals surface area contributed by atoms with Gasteiger partial charge in [0.2, 0.25) is 0 Å². The first kappa shape index (κ1) is 16.9. The predicted octanol–water partition coefficient (Wildman–Crippen LogP) is 0.148. The second kappa shape index (κ2) is 6.09. The van der Waals surface area contributed by atoms with Gasteiger partial charge in [-0.3, -0.25) is 9.11 Å². The zero-order chi connectivity index (χ0) is 16.3. The first-order valence-electron chi connectivity index (χ1n) is 4.85. The van der Waals surface area contributed by atoms with Crippen molar-refractivity contribution in [3.8, 4) is 11.5 Å². The van der Waals surface area contributed by atoms with E-state index < -0.39 is 38.3 Å². The number of hydrogen-bond acceptors (Lipinski definition) is 7. The third-order valence-corrected chi connectivity index (χ3v) is 2.56. The minimum atomic E-state index is -5.00. The normalized spacial score (nSPS) is 12.3. The molecule has 10 nitrogen and oxygen atoms in total. The fraction of sp³-hybridized carbons (Fsp3) is 0. The monoisotopic (exact) mass is 340 g/mol. The first-order chi connectivity index (χ1) is 9.46. The molecule has 3 N–H and O–H groups in total. The first-order valence-corrected chi connectivity index (χ1v) is 7.58. The van der Waals surface area contributed by atoms with Crippen molar-refractivity contribution in [2.75, 3.05) is 0 Å². The third-order valence-electron chi connectivity index (χ3n) is 1.78. The van der Waals surface area contributed by atoms with E-state index in [2.05, 4.69) is 8.37 Å². The van der Waals surface area contributed by atoms with Crippen molar-refractivity contribution in [1.82, 2.24) is 0 Å². The van der Waals surface area contributed by atoms with E-state index in [1.165, 1.54) is 0 Å². The van der Waals surface area contributed by atoms with Crippen LogP contribution in [0, 0.1) is 0 Å². The van der Waals surface area contributed by atoms with E-state index in [0.717, 1.165) is 30.4 Å². The Morgan fingerprint density at radius 1 is 1.00 bits per heavy atom. The second-order valence-electron chi connectivity index (χ2n) is 3.40. The quantitative estimate of drug-likeness (QED) is 0.479. The van der Waals surface area contributed by atoms with Gasteiger partial charge in [-0.15, -0.1) is 0 Å². The Balaban J connectivity index is 3.29. The Morgan fingerprint density at radius 3 is 2.00 bits per heavy atom. The molecule has 12 heteroatoms. The van der Waals surface area contributed by atoms with Gasteiger partial charge in [0.05, 0.1) is 0 Å². The minimum Gasteiger partial charge on any atom is -0.478 e. The summed E-state index contributed by atoms with van der Waals surface area (Å²) >= 11 is 0. The minimum absolute atomic E-state index is 0.0961. The van der Waals surface area contributed by atoms with E-state index in [1.54, 1.807) is 0 Å². The molecule has 0 aromatic heterocycles. The van der Waals surface area contributed by atoms with E-state index in [0.29, 0.717) is 0 Å². The molecule has 0 atom stereocenters. The van der Waals surface area contributed by atoms with Crippen molar-refractivity contribution < 1.29 is 44.2 Å². The highest BCUT2D eigenvalue weighted by Gasteiger charge is 2.17. The van der Waals surface area contributed by atoms with Crippen LogP contribution < -0.4 is 8.37 Å². The molecule has 1 aromatic carbocycles. The van der Waals surface area contributed by atoms with E-state index in [-0.39, 0.29) is 5.56 Å². The van der Waals surface area contributed by atoms with Gasteiger partial charge in [-0.2, -0.15) is 16.8 Å². The molecule has 0 aliphatic heterocycles. The van der Waals surface area contributed by atoms with Gasteiger partial charge in [0, 0.05) is 6.08 Å². The maximum atomic E-state index is 10.6. The van der Waals surface area contributed by atoms with Crippen LogP contribution in [0.2, 0.25) is 0 Å². The van der Waals surface area contributed by atoms with Crippen molar-refractivity contribution >= 4 is 32.8 Å². The lowest BCUT2D eigenvalue weighted by atomic mass is 10.2. The average molecular weight is 340 g/mol. The summed E-state index contributed by atoms with van der Waals surface area (Å²) in [6, 6.07) is 2.90. The van der Waals surface area contributed by atoms with Gasteiger partial charge in [0.15, 0.2) is 11.5 Å². The molecule has 0 saturated carbocycles. The lowest BCUT2D eigenvalue weighted by Gasteiger charge is -2.08. The molecule has 0 aliphatic rings. The number of carboxylic acid groups (broad SMARTS) is 1. The molecule has 0 aliphatic carbocycles. The maximum Gasteiger partial charge on any atom is 0.446 e. The number of rotatable bonds is 6. The fourth-order valence-corrected chi connectivity index (χ4v) is 1.88. The second-order valence-corrected chi connectivity index (χ2v) is 5.44. The molecule has 0 spiro atoms. The van der Waals surface area contributed by atoms with Gasteiger partial charge in [-0.25, -0.2) is 4.79 Å². The van der Waals surface area contributed by atoms with E-state index in [4.69, 9.17) is 14.2 Å². The highest BCUT2D eigenvalue weighted by molar-refractivity contribution is 7.81. The van der Waals surface area contributed by atoms with Gasteiger partial charge in [0.25, 0.3) is 0 Å². The summed E-state index contributed by atoms with van der Waals surface area (Å²) in [5.41, 5.74) is 0.0961. The molecular weight excluding hydrogens is 332 g/mol. The van der Waals surface area contributed by atoms with Crippen LogP contribution in [0.3, 0.4) is 0 Å². The highest BCUT2D eigenvalue weighted by atomic mass is 32.3. The molecule has 0 fully saturated rings. The number of hydrogen-bond donors (Lipinski definition) is 3.